The van der Waals surface area contributed by atoms with E-state index in [-0.39, 0.29) is 22.4 Å². The van der Waals surface area contributed by atoms with Crippen molar-refractivity contribution in [3.8, 4) is 0 Å². The number of rotatable bonds is 3. The summed E-state index contributed by atoms with van der Waals surface area (Å²) in [4.78, 5) is 26.8. The zero-order valence-electron chi connectivity index (χ0n) is 9.59. The number of nitrogens with zero attached hydrogens (tertiary/aromatic N) is 1. The Kier molecular flexibility index (Phi) is 5.12. The van der Waals surface area contributed by atoms with Crippen LogP contribution >= 0.6 is 23.2 Å². The zero-order chi connectivity index (χ0) is 13.7. The summed E-state index contributed by atoms with van der Waals surface area (Å²) in [6.07, 6.45) is 1.49. The van der Waals surface area contributed by atoms with Crippen LogP contribution in [0.4, 0.5) is 4.79 Å². The molecule has 1 aromatic rings. The molecule has 1 rings (SSSR count). The minimum atomic E-state index is -0.636. The van der Waals surface area contributed by atoms with Gasteiger partial charge in [0.1, 0.15) is 10.3 Å². The molecule has 0 aliphatic rings. The maximum atomic E-state index is 11.8. The second-order valence-electron chi connectivity index (χ2n) is 3.38. The first kappa shape index (κ1) is 14.5. The highest BCUT2D eigenvalue weighted by Gasteiger charge is 2.17. The van der Waals surface area contributed by atoms with E-state index in [1.54, 1.807) is 6.92 Å². The largest absolute Gasteiger partial charge is 0.334 e. The fraction of sp³-hybridized carbons (Fsp3) is 0.182. The lowest BCUT2D eigenvalue weighted by Gasteiger charge is -2.08. The van der Waals surface area contributed by atoms with Gasteiger partial charge < -0.3 is 5.32 Å². The summed E-state index contributed by atoms with van der Waals surface area (Å²) in [5.41, 5.74) is 0.656. The Labute approximate surface area is 114 Å². The number of hydrogen-bond donors (Lipinski definition) is 2. The molecular formula is C11H11Cl2N3O2. The van der Waals surface area contributed by atoms with Gasteiger partial charge in [-0.2, -0.15) is 0 Å². The number of halogens is 2. The van der Waals surface area contributed by atoms with Gasteiger partial charge in [0.15, 0.2) is 0 Å². The number of nitrogens with one attached hydrogen (secondary N) is 2. The van der Waals surface area contributed by atoms with Gasteiger partial charge in [0.2, 0.25) is 0 Å². The fourth-order valence-electron chi connectivity index (χ4n) is 1.24. The first-order valence-corrected chi connectivity index (χ1v) is 5.74. The van der Waals surface area contributed by atoms with E-state index < -0.39 is 11.9 Å². The summed E-state index contributed by atoms with van der Waals surface area (Å²) in [6, 6.07) is 0.856. The molecule has 18 heavy (non-hydrogen) atoms. The van der Waals surface area contributed by atoms with Gasteiger partial charge in [-0.3, -0.25) is 10.1 Å². The number of urea groups is 1. The number of hydrogen-bond acceptors (Lipinski definition) is 3. The van der Waals surface area contributed by atoms with Crippen LogP contribution < -0.4 is 10.6 Å². The molecule has 0 aliphatic heterocycles. The van der Waals surface area contributed by atoms with Crippen molar-refractivity contribution in [3.63, 3.8) is 0 Å². The molecule has 0 spiro atoms. The molecule has 1 heterocycles. The van der Waals surface area contributed by atoms with Gasteiger partial charge in [0.25, 0.3) is 5.91 Å². The summed E-state index contributed by atoms with van der Waals surface area (Å²) < 4.78 is 0. The van der Waals surface area contributed by atoms with Crippen molar-refractivity contribution in [3.05, 3.63) is 40.2 Å². The Bertz CT molecular complexity index is 480. The number of amides is 3. The molecule has 0 saturated carbocycles. The summed E-state index contributed by atoms with van der Waals surface area (Å²) in [7, 11) is 0. The molecule has 0 fully saturated rings. The Morgan fingerprint density at radius 2 is 2.17 bits per heavy atom. The predicted molar refractivity (Wildman–Crippen MR) is 70.1 cm³/mol. The maximum absolute atomic E-state index is 11.8. The lowest BCUT2D eigenvalue weighted by Crippen LogP contribution is -2.39. The number of carbonyl (C=O) groups excluding carboxylic acids is 2. The lowest BCUT2D eigenvalue weighted by molar-refractivity contribution is 0.0963. The summed E-state index contributed by atoms with van der Waals surface area (Å²) >= 11 is 11.5. The molecule has 5 nitrogen and oxygen atoms in total. The first-order chi connectivity index (χ1) is 8.45. The predicted octanol–water partition coefficient (Wildman–Crippen LogP) is 2.32. The van der Waals surface area contributed by atoms with Crippen molar-refractivity contribution in [2.45, 2.75) is 6.92 Å². The summed E-state index contributed by atoms with van der Waals surface area (Å²) in [5, 5.41) is 4.67. The molecule has 96 valence electrons. The van der Waals surface area contributed by atoms with E-state index in [4.69, 9.17) is 23.2 Å². The molecule has 0 saturated heterocycles. The van der Waals surface area contributed by atoms with E-state index in [0.29, 0.717) is 5.56 Å². The quantitative estimate of drug-likeness (QED) is 0.662. The van der Waals surface area contributed by atoms with Crippen LogP contribution in [-0.4, -0.2) is 23.5 Å². The third-order valence-corrected chi connectivity index (χ3v) is 2.47. The standard InChI is InChI=1S/C11H11Cl2N3O2/c1-3-4-14-11(18)16-10(17)8-6(2)5-7(12)15-9(8)13/h3,5H,1,4H2,2H3,(H2,14,16,17,18). The van der Waals surface area contributed by atoms with Crippen molar-refractivity contribution in [1.29, 1.82) is 0 Å². The Morgan fingerprint density at radius 1 is 1.50 bits per heavy atom. The van der Waals surface area contributed by atoms with Crippen molar-refractivity contribution in [1.82, 2.24) is 15.6 Å². The zero-order valence-corrected chi connectivity index (χ0v) is 11.1. The van der Waals surface area contributed by atoms with Crippen LogP contribution in [0.5, 0.6) is 0 Å². The van der Waals surface area contributed by atoms with Crippen LogP contribution in [0.15, 0.2) is 18.7 Å². The molecule has 1 aromatic heterocycles. The van der Waals surface area contributed by atoms with Crippen molar-refractivity contribution < 1.29 is 9.59 Å². The Hall–Kier alpha value is -1.59. The van der Waals surface area contributed by atoms with Crippen LogP contribution in [0.2, 0.25) is 10.3 Å². The number of aryl methyl sites for hydroxylation is 1. The van der Waals surface area contributed by atoms with Gasteiger partial charge in [-0.15, -0.1) is 6.58 Å². The lowest BCUT2D eigenvalue weighted by atomic mass is 10.1. The van der Waals surface area contributed by atoms with Gasteiger partial charge in [0.05, 0.1) is 5.56 Å². The van der Waals surface area contributed by atoms with Gasteiger partial charge in [0, 0.05) is 6.54 Å². The van der Waals surface area contributed by atoms with E-state index in [0.717, 1.165) is 0 Å². The smallest absolute Gasteiger partial charge is 0.321 e. The molecule has 0 aromatic carbocycles. The molecule has 2 N–H and O–H groups in total. The van der Waals surface area contributed by atoms with Gasteiger partial charge in [-0.25, -0.2) is 9.78 Å². The van der Waals surface area contributed by atoms with Gasteiger partial charge >= 0.3 is 6.03 Å². The second kappa shape index (κ2) is 6.37. The molecule has 3 amide bonds. The normalized spacial score (nSPS) is 9.72. The third-order valence-electron chi connectivity index (χ3n) is 2.00. The molecular weight excluding hydrogens is 277 g/mol. The Balaban J connectivity index is 2.85. The van der Waals surface area contributed by atoms with Gasteiger partial charge in [-0.1, -0.05) is 29.3 Å². The molecule has 7 heteroatoms. The minimum Gasteiger partial charge on any atom is -0.334 e. The SMILES string of the molecule is C=CCNC(=O)NC(=O)c1c(C)cc(Cl)nc1Cl. The van der Waals surface area contributed by atoms with Crippen LogP contribution in [0.1, 0.15) is 15.9 Å². The van der Waals surface area contributed by atoms with Crippen LogP contribution in [0, 0.1) is 6.92 Å². The highest BCUT2D eigenvalue weighted by molar-refractivity contribution is 6.35. The van der Waals surface area contributed by atoms with Crippen molar-refractivity contribution >= 4 is 35.1 Å². The fourth-order valence-corrected chi connectivity index (χ4v) is 1.86. The van der Waals surface area contributed by atoms with E-state index in [1.807, 2.05) is 0 Å². The average Bonchev–Trinajstić information content (AvgIpc) is 2.24. The van der Waals surface area contributed by atoms with Crippen LogP contribution in [0.25, 0.3) is 0 Å². The second-order valence-corrected chi connectivity index (χ2v) is 4.13. The number of imide groups is 1. The number of carbonyl (C=O) groups is 2. The van der Waals surface area contributed by atoms with Crippen molar-refractivity contribution in [2.75, 3.05) is 6.54 Å². The molecule has 0 radical (unpaired) electrons. The first-order valence-electron chi connectivity index (χ1n) is 4.98. The summed E-state index contributed by atoms with van der Waals surface area (Å²) in [6.45, 7) is 5.34. The molecule has 0 unspecified atom stereocenters. The summed E-state index contributed by atoms with van der Waals surface area (Å²) in [5.74, 6) is -0.636. The molecule has 0 atom stereocenters. The van der Waals surface area contributed by atoms with Crippen LogP contribution in [0.3, 0.4) is 0 Å². The molecule has 0 bridgehead atoms. The Morgan fingerprint density at radius 3 is 2.72 bits per heavy atom. The third kappa shape index (κ3) is 3.72. The van der Waals surface area contributed by atoms with Crippen LogP contribution in [-0.2, 0) is 0 Å². The number of pyridine rings is 1. The van der Waals surface area contributed by atoms with E-state index >= 15 is 0 Å². The maximum Gasteiger partial charge on any atom is 0.321 e. The highest BCUT2D eigenvalue weighted by atomic mass is 35.5. The van der Waals surface area contributed by atoms with Crippen molar-refractivity contribution in [2.24, 2.45) is 0 Å². The molecule has 0 aliphatic carbocycles. The topological polar surface area (TPSA) is 71.1 Å². The highest BCUT2D eigenvalue weighted by Crippen LogP contribution is 2.20. The monoisotopic (exact) mass is 287 g/mol. The van der Waals surface area contributed by atoms with E-state index in [2.05, 4.69) is 22.2 Å². The number of aromatic nitrogens is 1. The van der Waals surface area contributed by atoms with E-state index in [9.17, 15) is 9.59 Å². The average molecular weight is 288 g/mol. The van der Waals surface area contributed by atoms with E-state index in [1.165, 1.54) is 12.1 Å². The van der Waals surface area contributed by atoms with Gasteiger partial charge in [-0.05, 0) is 18.6 Å². The minimum absolute atomic E-state index is 0.0472.